The molecule has 4 rings (SSSR count). The number of nitrogens with one attached hydrogen (secondary N) is 1. The van der Waals surface area contributed by atoms with Crippen LogP contribution in [0, 0.1) is 11.8 Å². The fraction of sp³-hybridized carbons (Fsp3) is 0.562. The minimum absolute atomic E-state index is 0.0694. The highest BCUT2D eigenvalue weighted by atomic mass is 32.2. The van der Waals surface area contributed by atoms with Crippen LogP contribution < -0.4 is 9.62 Å². The molecule has 0 spiro atoms. The summed E-state index contributed by atoms with van der Waals surface area (Å²) in [6.45, 7) is 4.11. The average Bonchev–Trinajstić information content (AvgIpc) is 3.18. The molecule has 0 saturated carbocycles. The molecule has 7 heteroatoms. The quantitative estimate of drug-likeness (QED) is 0.844. The molecule has 0 radical (unpaired) electrons. The molecule has 2 saturated heterocycles. The number of hydrogen-bond donors (Lipinski definition) is 1. The molecule has 3 heterocycles. The molecule has 3 aliphatic heterocycles. The van der Waals surface area contributed by atoms with Crippen LogP contribution in [0.25, 0.3) is 0 Å². The molecular weight excluding hydrogens is 314 g/mol. The molecule has 124 valence electrons. The molecule has 1 aromatic carbocycles. The zero-order valence-electron chi connectivity index (χ0n) is 13.2. The van der Waals surface area contributed by atoms with Gasteiger partial charge in [0, 0.05) is 38.3 Å². The van der Waals surface area contributed by atoms with E-state index in [-0.39, 0.29) is 5.91 Å². The summed E-state index contributed by atoms with van der Waals surface area (Å²) in [6.07, 6.45) is 1.89. The van der Waals surface area contributed by atoms with Gasteiger partial charge in [0.05, 0.1) is 11.9 Å². The highest BCUT2D eigenvalue weighted by Crippen LogP contribution is 2.32. The van der Waals surface area contributed by atoms with Crippen molar-refractivity contribution in [1.29, 1.82) is 0 Å². The van der Waals surface area contributed by atoms with Gasteiger partial charge in [0.2, 0.25) is 10.0 Å². The van der Waals surface area contributed by atoms with Crippen molar-refractivity contribution in [2.24, 2.45) is 11.8 Å². The van der Waals surface area contributed by atoms with E-state index in [2.05, 4.69) is 5.32 Å². The maximum Gasteiger partial charge on any atom is 0.253 e. The first-order valence-corrected chi connectivity index (χ1v) is 9.89. The van der Waals surface area contributed by atoms with Crippen LogP contribution in [0.1, 0.15) is 15.9 Å². The molecule has 1 amide bonds. The van der Waals surface area contributed by atoms with Crippen molar-refractivity contribution >= 4 is 21.6 Å². The first kappa shape index (κ1) is 15.0. The fourth-order valence-corrected chi connectivity index (χ4v) is 5.01. The predicted molar refractivity (Wildman–Crippen MR) is 88.1 cm³/mol. The second kappa shape index (κ2) is 5.21. The van der Waals surface area contributed by atoms with E-state index in [0.29, 0.717) is 36.1 Å². The van der Waals surface area contributed by atoms with Crippen molar-refractivity contribution in [3.63, 3.8) is 0 Å². The van der Waals surface area contributed by atoms with Crippen LogP contribution in [-0.4, -0.2) is 58.2 Å². The van der Waals surface area contributed by atoms with E-state index in [1.807, 2.05) is 11.0 Å². The van der Waals surface area contributed by atoms with Gasteiger partial charge in [-0.2, -0.15) is 0 Å². The molecule has 2 fully saturated rings. The molecule has 0 aromatic heterocycles. The van der Waals surface area contributed by atoms with Gasteiger partial charge in [0.1, 0.15) is 0 Å². The lowest BCUT2D eigenvalue weighted by molar-refractivity contribution is 0.0781. The van der Waals surface area contributed by atoms with Gasteiger partial charge in [-0.25, -0.2) is 8.42 Å². The molecular formula is C16H21N3O3S. The van der Waals surface area contributed by atoms with Crippen molar-refractivity contribution in [2.75, 3.05) is 43.3 Å². The van der Waals surface area contributed by atoms with Crippen molar-refractivity contribution < 1.29 is 13.2 Å². The van der Waals surface area contributed by atoms with Crippen LogP contribution in [0.3, 0.4) is 0 Å². The van der Waals surface area contributed by atoms with Gasteiger partial charge >= 0.3 is 0 Å². The van der Waals surface area contributed by atoms with E-state index in [4.69, 9.17) is 0 Å². The van der Waals surface area contributed by atoms with Crippen LogP contribution in [-0.2, 0) is 16.4 Å². The summed E-state index contributed by atoms with van der Waals surface area (Å²) in [5.41, 5.74) is 2.33. The molecule has 6 nitrogen and oxygen atoms in total. The fourth-order valence-electron chi connectivity index (χ4n) is 4.05. The van der Waals surface area contributed by atoms with E-state index in [9.17, 15) is 13.2 Å². The SMILES string of the molecule is CS(=O)(=O)N1CCc2cc(C(=O)N3C[C@H]4CNC[C@H]4C3)ccc21. The van der Waals surface area contributed by atoms with Crippen molar-refractivity contribution in [3.05, 3.63) is 29.3 Å². The average molecular weight is 335 g/mol. The summed E-state index contributed by atoms with van der Waals surface area (Å²) in [4.78, 5) is 14.7. The zero-order valence-corrected chi connectivity index (χ0v) is 14.0. The zero-order chi connectivity index (χ0) is 16.2. The lowest BCUT2D eigenvalue weighted by atomic mass is 10.0. The van der Waals surface area contributed by atoms with Crippen molar-refractivity contribution in [3.8, 4) is 0 Å². The molecule has 3 aliphatic rings. The number of rotatable bonds is 2. The van der Waals surface area contributed by atoms with Gasteiger partial charge in [-0.05, 0) is 42.0 Å². The van der Waals surface area contributed by atoms with Gasteiger partial charge in [-0.1, -0.05) is 0 Å². The minimum atomic E-state index is -3.24. The number of fused-ring (bicyclic) bond motifs is 2. The standard InChI is InChI=1S/C16H21N3O3S/c1-23(21,22)19-5-4-11-6-12(2-3-15(11)19)16(20)18-9-13-7-17-8-14(13)10-18/h2-3,6,13-14,17H,4-5,7-10H2,1H3/t13-,14+. The van der Waals surface area contributed by atoms with Crippen LogP contribution in [0.15, 0.2) is 18.2 Å². The number of nitrogens with zero attached hydrogens (tertiary/aromatic N) is 2. The second-order valence-electron chi connectivity index (χ2n) is 6.82. The van der Waals surface area contributed by atoms with Gasteiger partial charge in [0.25, 0.3) is 5.91 Å². The minimum Gasteiger partial charge on any atom is -0.338 e. The third-order valence-corrected chi connectivity index (χ3v) is 6.44. The van der Waals surface area contributed by atoms with E-state index < -0.39 is 10.0 Å². The molecule has 23 heavy (non-hydrogen) atoms. The number of anilines is 1. The van der Waals surface area contributed by atoms with Gasteiger partial charge in [0.15, 0.2) is 0 Å². The summed E-state index contributed by atoms with van der Waals surface area (Å²) >= 11 is 0. The third-order valence-electron chi connectivity index (χ3n) is 5.26. The Balaban J connectivity index is 1.56. The largest absolute Gasteiger partial charge is 0.338 e. The number of carbonyl (C=O) groups excluding carboxylic acids is 1. The van der Waals surface area contributed by atoms with E-state index in [0.717, 1.165) is 31.7 Å². The monoisotopic (exact) mass is 335 g/mol. The van der Waals surface area contributed by atoms with Crippen molar-refractivity contribution in [2.45, 2.75) is 6.42 Å². The lowest BCUT2D eigenvalue weighted by Gasteiger charge is -2.19. The number of carbonyl (C=O) groups is 1. The number of benzene rings is 1. The highest BCUT2D eigenvalue weighted by Gasteiger charge is 2.38. The Kier molecular flexibility index (Phi) is 3.39. The molecule has 1 N–H and O–H groups in total. The Morgan fingerprint density at radius 3 is 2.57 bits per heavy atom. The summed E-state index contributed by atoms with van der Waals surface area (Å²) in [5, 5.41) is 3.38. The molecule has 2 atom stereocenters. The Labute approximate surface area is 136 Å². The predicted octanol–water partition coefficient (Wildman–Crippen LogP) is 0.300. The lowest BCUT2D eigenvalue weighted by Crippen LogP contribution is -2.32. The van der Waals surface area contributed by atoms with Crippen LogP contribution in [0.2, 0.25) is 0 Å². The Morgan fingerprint density at radius 1 is 1.22 bits per heavy atom. The summed E-state index contributed by atoms with van der Waals surface area (Å²) < 4.78 is 25.0. The number of sulfonamides is 1. The Hall–Kier alpha value is -1.60. The maximum absolute atomic E-state index is 12.7. The van der Waals surface area contributed by atoms with E-state index in [1.54, 1.807) is 12.1 Å². The summed E-state index contributed by atoms with van der Waals surface area (Å²) in [7, 11) is -3.24. The highest BCUT2D eigenvalue weighted by molar-refractivity contribution is 7.92. The van der Waals surface area contributed by atoms with Crippen LogP contribution in [0.4, 0.5) is 5.69 Å². The number of amides is 1. The first-order valence-electron chi connectivity index (χ1n) is 8.04. The topological polar surface area (TPSA) is 69.7 Å². The second-order valence-corrected chi connectivity index (χ2v) is 8.72. The van der Waals surface area contributed by atoms with Gasteiger partial charge < -0.3 is 10.2 Å². The number of hydrogen-bond acceptors (Lipinski definition) is 4. The van der Waals surface area contributed by atoms with Gasteiger partial charge in [-0.15, -0.1) is 0 Å². The first-order chi connectivity index (χ1) is 10.9. The Morgan fingerprint density at radius 2 is 1.91 bits per heavy atom. The maximum atomic E-state index is 12.7. The molecule has 1 aromatic rings. The van der Waals surface area contributed by atoms with Gasteiger partial charge in [-0.3, -0.25) is 9.10 Å². The Bertz CT molecular complexity index is 750. The molecule has 0 aliphatic carbocycles. The summed E-state index contributed by atoms with van der Waals surface area (Å²) in [5.74, 6) is 1.23. The smallest absolute Gasteiger partial charge is 0.253 e. The molecule has 0 bridgehead atoms. The summed E-state index contributed by atoms with van der Waals surface area (Å²) in [6, 6.07) is 5.40. The third kappa shape index (κ3) is 2.52. The normalized spacial score (nSPS) is 26.5. The van der Waals surface area contributed by atoms with E-state index in [1.165, 1.54) is 10.6 Å². The van der Waals surface area contributed by atoms with Crippen LogP contribution in [0.5, 0.6) is 0 Å². The van der Waals surface area contributed by atoms with Crippen LogP contribution >= 0.6 is 0 Å². The van der Waals surface area contributed by atoms with E-state index >= 15 is 0 Å². The molecule has 0 unspecified atom stereocenters. The number of likely N-dealkylation sites (tertiary alicyclic amines) is 1. The van der Waals surface area contributed by atoms with Crippen molar-refractivity contribution in [1.82, 2.24) is 10.2 Å².